The Morgan fingerprint density at radius 1 is 1.30 bits per heavy atom. The standard InChI is InChI=1S/C19H27N/c1-5-7-11-16(4)19(14-20)18(10-6-2)17-13-9-8-12-15(17)3/h5,7-13,19H,6,14,20H2,1-4H3/b7-5-,16-11+,18-10+. The predicted octanol–water partition coefficient (Wildman–Crippen LogP) is 4.89. The summed E-state index contributed by atoms with van der Waals surface area (Å²) in [5, 5.41) is 0. The van der Waals surface area contributed by atoms with Crippen LogP contribution in [0.3, 0.4) is 0 Å². The van der Waals surface area contributed by atoms with Crippen molar-refractivity contribution in [3.05, 3.63) is 65.3 Å². The molecule has 0 radical (unpaired) electrons. The summed E-state index contributed by atoms with van der Waals surface area (Å²) < 4.78 is 0. The number of aryl methyl sites for hydroxylation is 1. The van der Waals surface area contributed by atoms with E-state index in [0.29, 0.717) is 6.54 Å². The minimum absolute atomic E-state index is 0.284. The molecule has 1 nitrogen and oxygen atoms in total. The van der Waals surface area contributed by atoms with Gasteiger partial charge in [0.25, 0.3) is 0 Å². The molecule has 0 aliphatic carbocycles. The molecule has 1 unspecified atom stereocenters. The fourth-order valence-electron chi connectivity index (χ4n) is 2.48. The number of hydrogen-bond acceptors (Lipinski definition) is 1. The number of rotatable bonds is 6. The minimum Gasteiger partial charge on any atom is -0.330 e. The molecule has 108 valence electrons. The van der Waals surface area contributed by atoms with Crippen LogP contribution in [0, 0.1) is 12.8 Å². The smallest absolute Gasteiger partial charge is 0.0174 e. The van der Waals surface area contributed by atoms with Crippen molar-refractivity contribution in [2.75, 3.05) is 6.54 Å². The van der Waals surface area contributed by atoms with Gasteiger partial charge in [-0.1, -0.05) is 61.1 Å². The number of allylic oxidation sites excluding steroid dienone is 4. The van der Waals surface area contributed by atoms with Gasteiger partial charge in [0.15, 0.2) is 0 Å². The highest BCUT2D eigenvalue weighted by Crippen LogP contribution is 2.31. The second kappa shape index (κ2) is 8.55. The van der Waals surface area contributed by atoms with Crippen molar-refractivity contribution >= 4 is 5.57 Å². The van der Waals surface area contributed by atoms with Gasteiger partial charge < -0.3 is 5.73 Å². The third kappa shape index (κ3) is 4.21. The van der Waals surface area contributed by atoms with E-state index in [1.807, 2.05) is 13.0 Å². The van der Waals surface area contributed by atoms with Crippen LogP contribution >= 0.6 is 0 Å². The van der Waals surface area contributed by atoms with Gasteiger partial charge in [-0.25, -0.2) is 0 Å². The molecule has 0 saturated heterocycles. The third-order valence-electron chi connectivity index (χ3n) is 3.59. The number of hydrogen-bond donors (Lipinski definition) is 1. The van der Waals surface area contributed by atoms with E-state index in [4.69, 9.17) is 5.73 Å². The molecule has 20 heavy (non-hydrogen) atoms. The van der Waals surface area contributed by atoms with Gasteiger partial charge >= 0.3 is 0 Å². The summed E-state index contributed by atoms with van der Waals surface area (Å²) >= 11 is 0. The van der Waals surface area contributed by atoms with Crippen LogP contribution in [0.25, 0.3) is 5.57 Å². The maximum atomic E-state index is 6.06. The molecule has 0 aliphatic heterocycles. The monoisotopic (exact) mass is 269 g/mol. The molecule has 1 heteroatoms. The van der Waals surface area contributed by atoms with Crippen LogP contribution in [0.4, 0.5) is 0 Å². The van der Waals surface area contributed by atoms with E-state index in [1.54, 1.807) is 0 Å². The maximum absolute atomic E-state index is 6.06. The Morgan fingerprint density at radius 2 is 2.00 bits per heavy atom. The van der Waals surface area contributed by atoms with Crippen LogP contribution in [0.15, 0.2) is 54.1 Å². The first-order chi connectivity index (χ1) is 9.65. The highest BCUT2D eigenvalue weighted by atomic mass is 14.6. The Bertz CT molecular complexity index is 506. The normalized spacial score (nSPS) is 14.8. The number of benzene rings is 1. The first-order valence-electron chi connectivity index (χ1n) is 7.41. The maximum Gasteiger partial charge on any atom is 0.0174 e. The molecule has 0 heterocycles. The molecule has 1 rings (SSSR count). The van der Waals surface area contributed by atoms with E-state index < -0.39 is 0 Å². The molecule has 0 fully saturated rings. The zero-order valence-electron chi connectivity index (χ0n) is 13.2. The van der Waals surface area contributed by atoms with Crippen LogP contribution in [-0.2, 0) is 0 Å². The summed E-state index contributed by atoms with van der Waals surface area (Å²) in [6.07, 6.45) is 9.64. The van der Waals surface area contributed by atoms with Crippen LogP contribution in [0.2, 0.25) is 0 Å². The van der Waals surface area contributed by atoms with Gasteiger partial charge in [0, 0.05) is 12.5 Å². The van der Waals surface area contributed by atoms with E-state index in [0.717, 1.165) is 6.42 Å². The van der Waals surface area contributed by atoms with E-state index >= 15 is 0 Å². The van der Waals surface area contributed by atoms with E-state index in [9.17, 15) is 0 Å². The zero-order chi connectivity index (χ0) is 15.0. The van der Waals surface area contributed by atoms with Gasteiger partial charge in [-0.3, -0.25) is 0 Å². The highest BCUT2D eigenvalue weighted by Gasteiger charge is 2.17. The molecule has 0 amide bonds. The topological polar surface area (TPSA) is 26.0 Å². The molecule has 0 saturated carbocycles. The Kier molecular flexibility index (Phi) is 7.03. The van der Waals surface area contributed by atoms with Crippen molar-refractivity contribution in [1.82, 2.24) is 0 Å². The van der Waals surface area contributed by atoms with Gasteiger partial charge in [0.2, 0.25) is 0 Å². The molecule has 1 aromatic carbocycles. The van der Waals surface area contributed by atoms with Crippen molar-refractivity contribution in [2.45, 2.75) is 34.1 Å². The molecule has 0 aliphatic rings. The first kappa shape index (κ1) is 16.5. The molecule has 2 N–H and O–H groups in total. The molecule has 0 aromatic heterocycles. The van der Waals surface area contributed by atoms with Crippen molar-refractivity contribution in [3.8, 4) is 0 Å². The third-order valence-corrected chi connectivity index (χ3v) is 3.59. The van der Waals surface area contributed by atoms with Crippen molar-refractivity contribution in [2.24, 2.45) is 11.7 Å². The van der Waals surface area contributed by atoms with Gasteiger partial charge in [-0.15, -0.1) is 0 Å². The molecule has 1 atom stereocenters. The average molecular weight is 269 g/mol. The SMILES string of the molecule is C/C=C\C=C(/C)C(CN)/C(=C/CC)c1ccccc1C. The highest BCUT2D eigenvalue weighted by molar-refractivity contribution is 5.72. The summed E-state index contributed by atoms with van der Waals surface area (Å²) in [6, 6.07) is 8.55. The van der Waals surface area contributed by atoms with E-state index in [2.05, 4.69) is 63.3 Å². The van der Waals surface area contributed by atoms with Crippen molar-refractivity contribution < 1.29 is 0 Å². The second-order valence-corrected chi connectivity index (χ2v) is 5.11. The van der Waals surface area contributed by atoms with Crippen molar-refractivity contribution in [3.63, 3.8) is 0 Å². The van der Waals surface area contributed by atoms with Gasteiger partial charge in [0.05, 0.1) is 0 Å². The average Bonchev–Trinajstić information content (AvgIpc) is 2.45. The van der Waals surface area contributed by atoms with Crippen LogP contribution < -0.4 is 5.73 Å². The van der Waals surface area contributed by atoms with Gasteiger partial charge in [-0.2, -0.15) is 0 Å². The summed E-state index contributed by atoms with van der Waals surface area (Å²) in [7, 11) is 0. The summed E-state index contributed by atoms with van der Waals surface area (Å²) in [5.41, 5.74) is 11.4. The van der Waals surface area contributed by atoms with Crippen LogP contribution in [-0.4, -0.2) is 6.54 Å². The first-order valence-corrected chi connectivity index (χ1v) is 7.41. The predicted molar refractivity (Wildman–Crippen MR) is 90.6 cm³/mol. The summed E-state index contributed by atoms with van der Waals surface area (Å²) in [4.78, 5) is 0. The molecular weight excluding hydrogens is 242 g/mol. The van der Waals surface area contributed by atoms with E-state index in [1.165, 1.54) is 22.3 Å². The Morgan fingerprint density at radius 3 is 2.55 bits per heavy atom. The van der Waals surface area contributed by atoms with Crippen molar-refractivity contribution in [1.29, 1.82) is 0 Å². The lowest BCUT2D eigenvalue weighted by Gasteiger charge is -2.22. The van der Waals surface area contributed by atoms with Gasteiger partial charge in [-0.05, 0) is 43.9 Å². The van der Waals surface area contributed by atoms with Crippen LogP contribution in [0.5, 0.6) is 0 Å². The quantitative estimate of drug-likeness (QED) is 0.731. The van der Waals surface area contributed by atoms with Crippen LogP contribution in [0.1, 0.15) is 38.3 Å². The lowest BCUT2D eigenvalue weighted by molar-refractivity contribution is 0.784. The molecular formula is C19H27N. The fraction of sp³-hybridized carbons (Fsp3) is 0.368. The fourth-order valence-corrected chi connectivity index (χ4v) is 2.48. The molecule has 0 bridgehead atoms. The van der Waals surface area contributed by atoms with Gasteiger partial charge in [0.1, 0.15) is 0 Å². The Labute approximate surface area is 123 Å². The second-order valence-electron chi connectivity index (χ2n) is 5.11. The Balaban J connectivity index is 3.25. The molecule has 0 spiro atoms. The lowest BCUT2D eigenvalue weighted by Crippen LogP contribution is -2.18. The lowest BCUT2D eigenvalue weighted by atomic mass is 9.84. The minimum atomic E-state index is 0.284. The largest absolute Gasteiger partial charge is 0.330 e. The number of nitrogens with two attached hydrogens (primary N) is 1. The zero-order valence-corrected chi connectivity index (χ0v) is 13.2. The summed E-state index contributed by atoms with van der Waals surface area (Å²) in [6.45, 7) is 9.18. The Hall–Kier alpha value is -1.60. The molecule has 1 aromatic rings. The van der Waals surface area contributed by atoms with E-state index in [-0.39, 0.29) is 5.92 Å². The summed E-state index contributed by atoms with van der Waals surface area (Å²) in [5.74, 6) is 0.284.